The summed E-state index contributed by atoms with van der Waals surface area (Å²) in [6.07, 6.45) is 2.88. The van der Waals surface area contributed by atoms with Crippen LogP contribution < -0.4 is 10.6 Å². The van der Waals surface area contributed by atoms with Gasteiger partial charge >= 0.3 is 0 Å². The van der Waals surface area contributed by atoms with E-state index < -0.39 is 20.2 Å². The van der Waals surface area contributed by atoms with E-state index >= 15 is 0 Å². The summed E-state index contributed by atoms with van der Waals surface area (Å²) in [7, 11) is -1.30. The predicted octanol–water partition coefficient (Wildman–Crippen LogP) is 5.11. The molecule has 12 heteroatoms. The normalized spacial score (nSPS) is 14.9. The van der Waals surface area contributed by atoms with Gasteiger partial charge in [-0.3, -0.25) is 19.1 Å². The first-order chi connectivity index (χ1) is 18.7. The van der Waals surface area contributed by atoms with E-state index in [0.29, 0.717) is 38.2 Å². The highest BCUT2D eigenvalue weighted by molar-refractivity contribution is 7.56. The molecule has 3 aromatic rings. The zero-order chi connectivity index (χ0) is 28.1. The van der Waals surface area contributed by atoms with Crippen LogP contribution in [0.2, 0.25) is 5.02 Å². The Kier molecular flexibility index (Phi) is 11.2. The molecule has 4 rings (SSSR count). The lowest BCUT2D eigenvalue weighted by Crippen LogP contribution is -2.46. The van der Waals surface area contributed by atoms with Gasteiger partial charge in [-0.2, -0.15) is 0 Å². The molecule has 1 N–H and O–H groups in total. The third-order valence-electron chi connectivity index (χ3n) is 6.61. The summed E-state index contributed by atoms with van der Waals surface area (Å²) >= 11 is 5.84. The topological polar surface area (TPSA) is 89.9 Å². The Hall–Kier alpha value is -2.91. The fraction of sp³-hybridized carbons (Fsp3) is 0.393. The first-order valence-electron chi connectivity index (χ1n) is 12.9. The smallest absolute Gasteiger partial charge is 0.243 e. The lowest BCUT2D eigenvalue weighted by molar-refractivity contribution is -0.138. The van der Waals surface area contributed by atoms with Gasteiger partial charge in [0.25, 0.3) is 0 Å². The molecule has 0 bridgehead atoms. The summed E-state index contributed by atoms with van der Waals surface area (Å²) in [5, 5.41) is 4.31. The molecule has 2 amide bonds. The quantitative estimate of drug-likeness (QED) is 0.246. The highest BCUT2D eigenvalue weighted by Gasteiger charge is 2.34. The number of aromatic nitrogens is 1. The molecule has 1 unspecified atom stereocenters. The standard InChI is InChI=1S/C28H32ClFN3O5P.FH/c1-4-37-39(38-5-2)20-11-12-21-22(18(3)34)16-32(25(21)14-20)17-26(35)33-13-7-10-24(33)28(36)31-15-19-8-6-9-23(29)27(19)30;/h6,8-9,11-12,14,16,24H,4-5,7,10,13,15,17H2,1-3H3,(H,31,36);1H. The monoisotopic (exact) mass is 595 g/mol. The first-order valence-corrected chi connectivity index (χ1v) is 14.5. The van der Waals surface area contributed by atoms with Gasteiger partial charge in [-0.15, -0.1) is 0 Å². The van der Waals surface area contributed by atoms with Gasteiger partial charge in [0.1, 0.15) is 18.4 Å². The highest BCUT2D eigenvalue weighted by atomic mass is 35.5. The number of benzene rings is 2. The maximum atomic E-state index is 14.2. The minimum atomic E-state index is -1.30. The van der Waals surface area contributed by atoms with Gasteiger partial charge < -0.3 is 23.8 Å². The Balaban J connectivity index is 0.00000441. The summed E-state index contributed by atoms with van der Waals surface area (Å²) in [6, 6.07) is 9.61. The van der Waals surface area contributed by atoms with Crippen molar-refractivity contribution in [3.8, 4) is 0 Å². The maximum absolute atomic E-state index is 14.2. The minimum Gasteiger partial charge on any atom is -0.350 e. The van der Waals surface area contributed by atoms with Gasteiger partial charge in [0.2, 0.25) is 20.2 Å². The minimum absolute atomic E-state index is 0. The Bertz CT molecular complexity index is 1380. The fourth-order valence-corrected chi connectivity index (χ4v) is 6.25. The van der Waals surface area contributed by atoms with Crippen molar-refractivity contribution < 1.29 is 32.5 Å². The summed E-state index contributed by atoms with van der Waals surface area (Å²) in [5.74, 6) is -1.27. The zero-order valence-corrected chi connectivity index (χ0v) is 24.3. The predicted molar refractivity (Wildman–Crippen MR) is 152 cm³/mol. The van der Waals surface area contributed by atoms with Crippen molar-refractivity contribution in [2.75, 3.05) is 19.8 Å². The number of nitrogens with one attached hydrogen (secondary N) is 1. The van der Waals surface area contributed by atoms with Crippen molar-refractivity contribution in [2.45, 2.75) is 52.7 Å². The molecule has 1 aliphatic rings. The SMILES string of the molecule is CCOP(OCC)c1ccc2c(C(C)=O)cn(CC(=O)N3CCCC3C(=O)NCc3cccc(Cl)c3F)c2c1.F. The number of amides is 2. The number of hydrogen-bond acceptors (Lipinski definition) is 5. The van der Waals surface area contributed by atoms with Crippen LogP contribution in [0, 0.1) is 5.82 Å². The van der Waals surface area contributed by atoms with Crippen molar-refractivity contribution in [1.82, 2.24) is 14.8 Å². The summed E-state index contributed by atoms with van der Waals surface area (Å²) in [4.78, 5) is 40.4. The van der Waals surface area contributed by atoms with E-state index in [1.807, 2.05) is 32.0 Å². The molecule has 1 atom stereocenters. The number of halogens is 3. The van der Waals surface area contributed by atoms with Gasteiger partial charge in [-0.1, -0.05) is 29.8 Å². The molecule has 0 radical (unpaired) electrons. The largest absolute Gasteiger partial charge is 0.350 e. The maximum Gasteiger partial charge on any atom is 0.243 e. The Morgan fingerprint density at radius 1 is 1.15 bits per heavy atom. The second-order valence-electron chi connectivity index (χ2n) is 9.20. The van der Waals surface area contributed by atoms with E-state index in [2.05, 4.69) is 5.32 Å². The lowest BCUT2D eigenvalue weighted by atomic mass is 10.1. The van der Waals surface area contributed by atoms with Crippen LogP contribution in [0.25, 0.3) is 10.9 Å². The van der Waals surface area contributed by atoms with E-state index in [1.54, 1.807) is 27.8 Å². The summed E-state index contributed by atoms with van der Waals surface area (Å²) < 4.78 is 27.6. The van der Waals surface area contributed by atoms with Crippen molar-refractivity contribution in [3.63, 3.8) is 0 Å². The van der Waals surface area contributed by atoms with Crippen molar-refractivity contribution in [3.05, 3.63) is 64.6 Å². The van der Waals surface area contributed by atoms with Gasteiger partial charge in [0.15, 0.2) is 5.78 Å². The van der Waals surface area contributed by atoms with E-state index in [9.17, 15) is 18.8 Å². The molecule has 1 aromatic heterocycles. The number of rotatable bonds is 11. The van der Waals surface area contributed by atoms with Crippen LogP contribution in [0.4, 0.5) is 9.09 Å². The lowest BCUT2D eigenvalue weighted by Gasteiger charge is -2.24. The van der Waals surface area contributed by atoms with Crippen LogP contribution in [0.3, 0.4) is 0 Å². The molecule has 1 saturated heterocycles. The molecule has 1 aliphatic heterocycles. The molecule has 216 valence electrons. The van der Waals surface area contributed by atoms with Crippen LogP contribution in [0.15, 0.2) is 42.6 Å². The molecule has 2 heterocycles. The molecule has 0 saturated carbocycles. The van der Waals surface area contributed by atoms with Crippen LogP contribution in [0.1, 0.15) is 49.5 Å². The van der Waals surface area contributed by atoms with Crippen molar-refractivity contribution in [2.24, 2.45) is 0 Å². The number of nitrogens with zero attached hydrogens (tertiary/aromatic N) is 2. The van der Waals surface area contributed by atoms with Gasteiger partial charge in [-0.05, 0) is 51.8 Å². The molecule has 2 aromatic carbocycles. The van der Waals surface area contributed by atoms with E-state index in [-0.39, 0.29) is 46.0 Å². The fourth-order valence-electron chi connectivity index (χ4n) is 4.79. The number of Topliss-reactive ketones (excluding diaryl/α,β-unsaturated/α-hetero) is 1. The second-order valence-corrected chi connectivity index (χ2v) is 11.2. The number of ketones is 1. The summed E-state index contributed by atoms with van der Waals surface area (Å²) in [6.45, 7) is 6.64. The van der Waals surface area contributed by atoms with Crippen LogP contribution in [-0.2, 0) is 31.7 Å². The highest BCUT2D eigenvalue weighted by Crippen LogP contribution is 2.38. The molecular formula is C28H33ClF2N3O5P. The third-order valence-corrected chi connectivity index (χ3v) is 8.59. The molecule has 40 heavy (non-hydrogen) atoms. The zero-order valence-electron chi connectivity index (χ0n) is 22.6. The van der Waals surface area contributed by atoms with Crippen molar-refractivity contribution >= 4 is 53.8 Å². The average Bonchev–Trinajstić information content (AvgIpc) is 3.55. The number of carbonyl (C=O) groups is 3. The average molecular weight is 596 g/mol. The third kappa shape index (κ3) is 6.86. The molecular weight excluding hydrogens is 563 g/mol. The van der Waals surface area contributed by atoms with Crippen molar-refractivity contribution in [1.29, 1.82) is 0 Å². The van der Waals surface area contributed by atoms with Gasteiger partial charge in [-0.25, -0.2) is 4.39 Å². The molecule has 0 aliphatic carbocycles. The first kappa shape index (κ1) is 31.6. The number of fused-ring (bicyclic) bond motifs is 1. The van der Waals surface area contributed by atoms with E-state index in [1.165, 1.54) is 13.0 Å². The Morgan fingerprint density at radius 3 is 2.55 bits per heavy atom. The molecule has 0 spiro atoms. The second kappa shape index (κ2) is 14.1. The molecule has 1 fully saturated rings. The number of hydrogen-bond donors (Lipinski definition) is 1. The number of likely N-dealkylation sites (tertiary alicyclic amines) is 1. The Labute approximate surface area is 238 Å². The van der Waals surface area contributed by atoms with Crippen LogP contribution >= 0.6 is 20.0 Å². The van der Waals surface area contributed by atoms with E-state index in [4.69, 9.17) is 20.6 Å². The Morgan fingerprint density at radius 2 is 1.88 bits per heavy atom. The van der Waals surface area contributed by atoms with Gasteiger partial charge in [0, 0.05) is 41.1 Å². The van der Waals surface area contributed by atoms with Crippen LogP contribution in [-0.4, -0.2) is 52.9 Å². The summed E-state index contributed by atoms with van der Waals surface area (Å²) in [5.41, 5.74) is 1.51. The number of carbonyl (C=O) groups excluding carboxylic acids is 3. The van der Waals surface area contributed by atoms with Crippen LogP contribution in [0.5, 0.6) is 0 Å². The van der Waals surface area contributed by atoms with E-state index in [0.717, 1.165) is 16.2 Å². The van der Waals surface area contributed by atoms with Gasteiger partial charge in [0.05, 0.1) is 23.8 Å². The molecule has 8 nitrogen and oxygen atoms in total.